The molecule has 4 rings (SSSR count). The van der Waals surface area contributed by atoms with Crippen molar-refractivity contribution in [1.29, 1.82) is 0 Å². The van der Waals surface area contributed by atoms with Gasteiger partial charge in [0, 0.05) is 36.8 Å². The third kappa shape index (κ3) is 2.58. The fourth-order valence-electron chi connectivity index (χ4n) is 2.98. The Morgan fingerprint density at radius 3 is 3.21 bits per heavy atom. The summed E-state index contributed by atoms with van der Waals surface area (Å²) in [6.45, 7) is 0.898. The molecule has 3 heterocycles. The molecule has 0 aliphatic carbocycles. The van der Waals surface area contributed by atoms with Crippen molar-refractivity contribution in [3.63, 3.8) is 0 Å². The molecule has 0 fully saturated rings. The second kappa shape index (κ2) is 5.92. The number of carbonyl (C=O) groups excluding carboxylic acids is 1. The van der Waals surface area contributed by atoms with Crippen molar-refractivity contribution in [2.75, 3.05) is 7.11 Å². The standard InChI is InChI=1S/C17H16N4O3/c1-23-17(22)13-4-2-3-11(9-13)15-19-16(24-20-15)12-5-7-21-8-6-18-14(21)10-12/h2-4,6,8-9,12H,5,7,10H2,1H3/t12-/m0/s1. The zero-order valence-electron chi connectivity index (χ0n) is 13.2. The first-order valence-electron chi connectivity index (χ1n) is 7.77. The summed E-state index contributed by atoms with van der Waals surface area (Å²) in [4.78, 5) is 20.5. The van der Waals surface area contributed by atoms with Gasteiger partial charge in [0.2, 0.25) is 11.7 Å². The summed E-state index contributed by atoms with van der Waals surface area (Å²) in [7, 11) is 1.36. The molecular formula is C17H16N4O3. The molecule has 0 unspecified atom stereocenters. The van der Waals surface area contributed by atoms with Crippen molar-refractivity contribution in [2.45, 2.75) is 25.3 Å². The number of rotatable bonds is 3. The zero-order valence-corrected chi connectivity index (χ0v) is 13.2. The van der Waals surface area contributed by atoms with Crippen molar-refractivity contribution in [2.24, 2.45) is 0 Å². The summed E-state index contributed by atoms with van der Waals surface area (Å²) in [6.07, 6.45) is 5.53. The Kier molecular flexibility index (Phi) is 3.60. The Bertz CT molecular complexity index is 883. The number of hydrogen-bond donors (Lipinski definition) is 0. The number of imidazole rings is 1. The summed E-state index contributed by atoms with van der Waals surface area (Å²) in [5.41, 5.74) is 1.19. The second-order valence-electron chi connectivity index (χ2n) is 5.76. The molecule has 0 saturated heterocycles. The van der Waals surface area contributed by atoms with Crippen LogP contribution in [-0.4, -0.2) is 32.8 Å². The molecule has 0 N–H and O–H groups in total. The van der Waals surface area contributed by atoms with E-state index in [1.807, 2.05) is 18.5 Å². The van der Waals surface area contributed by atoms with E-state index in [4.69, 9.17) is 9.26 Å². The number of nitrogens with zero attached hydrogens (tertiary/aromatic N) is 4. The lowest BCUT2D eigenvalue weighted by Gasteiger charge is -2.19. The van der Waals surface area contributed by atoms with Crippen LogP contribution < -0.4 is 0 Å². The highest BCUT2D eigenvalue weighted by Crippen LogP contribution is 2.29. The third-order valence-electron chi connectivity index (χ3n) is 4.28. The predicted molar refractivity (Wildman–Crippen MR) is 84.4 cm³/mol. The van der Waals surface area contributed by atoms with Crippen LogP contribution in [0.25, 0.3) is 11.4 Å². The highest BCUT2D eigenvalue weighted by molar-refractivity contribution is 5.90. The summed E-state index contributed by atoms with van der Waals surface area (Å²) in [6, 6.07) is 7.01. The van der Waals surface area contributed by atoms with Crippen LogP contribution >= 0.6 is 0 Å². The number of ether oxygens (including phenoxy) is 1. The zero-order chi connectivity index (χ0) is 16.5. The average molecular weight is 324 g/mol. The first-order chi connectivity index (χ1) is 11.7. The van der Waals surface area contributed by atoms with E-state index < -0.39 is 0 Å². The Hall–Kier alpha value is -2.96. The minimum absolute atomic E-state index is 0.171. The van der Waals surface area contributed by atoms with Gasteiger partial charge in [-0.05, 0) is 18.6 Å². The molecule has 1 aliphatic rings. The molecule has 0 bridgehead atoms. The lowest BCUT2D eigenvalue weighted by Crippen LogP contribution is -2.18. The number of hydrogen-bond acceptors (Lipinski definition) is 6. The van der Waals surface area contributed by atoms with Crippen LogP contribution in [0.3, 0.4) is 0 Å². The topological polar surface area (TPSA) is 83.0 Å². The van der Waals surface area contributed by atoms with Crippen molar-refractivity contribution >= 4 is 5.97 Å². The number of aromatic nitrogens is 4. The van der Waals surface area contributed by atoms with E-state index in [1.54, 1.807) is 18.2 Å². The largest absolute Gasteiger partial charge is 0.465 e. The van der Waals surface area contributed by atoms with Gasteiger partial charge in [-0.1, -0.05) is 17.3 Å². The molecule has 3 aromatic rings. The minimum Gasteiger partial charge on any atom is -0.465 e. The number of methoxy groups -OCH3 is 1. The lowest BCUT2D eigenvalue weighted by atomic mass is 9.98. The highest BCUT2D eigenvalue weighted by Gasteiger charge is 2.25. The van der Waals surface area contributed by atoms with Crippen LogP contribution in [0.2, 0.25) is 0 Å². The highest BCUT2D eigenvalue weighted by atomic mass is 16.5. The number of carbonyl (C=O) groups is 1. The molecule has 1 atom stereocenters. The quantitative estimate of drug-likeness (QED) is 0.688. The van der Waals surface area contributed by atoms with Gasteiger partial charge in [-0.25, -0.2) is 9.78 Å². The van der Waals surface area contributed by atoms with E-state index in [2.05, 4.69) is 19.7 Å². The summed E-state index contributed by atoms with van der Waals surface area (Å²) >= 11 is 0. The number of fused-ring (bicyclic) bond motifs is 1. The maximum atomic E-state index is 11.6. The van der Waals surface area contributed by atoms with Gasteiger partial charge in [0.15, 0.2) is 0 Å². The van der Waals surface area contributed by atoms with Gasteiger partial charge in [-0.2, -0.15) is 4.98 Å². The van der Waals surface area contributed by atoms with Gasteiger partial charge in [-0.3, -0.25) is 0 Å². The van der Waals surface area contributed by atoms with Crippen LogP contribution in [0.1, 0.15) is 34.4 Å². The molecular weight excluding hydrogens is 308 g/mol. The molecule has 7 nitrogen and oxygen atoms in total. The summed E-state index contributed by atoms with van der Waals surface area (Å²) in [5, 5.41) is 4.07. The van der Waals surface area contributed by atoms with Crippen LogP contribution in [0.15, 0.2) is 41.2 Å². The second-order valence-corrected chi connectivity index (χ2v) is 5.76. The monoisotopic (exact) mass is 324 g/mol. The average Bonchev–Trinajstić information content (AvgIpc) is 3.29. The Morgan fingerprint density at radius 2 is 2.33 bits per heavy atom. The fraction of sp³-hybridized carbons (Fsp3) is 0.294. The first-order valence-corrected chi connectivity index (χ1v) is 7.77. The molecule has 0 radical (unpaired) electrons. The molecule has 122 valence electrons. The van der Waals surface area contributed by atoms with E-state index in [9.17, 15) is 4.79 Å². The van der Waals surface area contributed by atoms with Crippen LogP contribution in [0.4, 0.5) is 0 Å². The van der Waals surface area contributed by atoms with Gasteiger partial charge in [0.1, 0.15) is 5.82 Å². The van der Waals surface area contributed by atoms with Crippen molar-refractivity contribution in [1.82, 2.24) is 19.7 Å². The van der Waals surface area contributed by atoms with Crippen molar-refractivity contribution in [3.05, 3.63) is 53.9 Å². The van der Waals surface area contributed by atoms with Crippen molar-refractivity contribution in [3.8, 4) is 11.4 Å². The van der Waals surface area contributed by atoms with Crippen LogP contribution in [0.5, 0.6) is 0 Å². The Labute approximate surface area is 138 Å². The third-order valence-corrected chi connectivity index (χ3v) is 4.28. The Balaban J connectivity index is 1.58. The molecule has 7 heteroatoms. The molecule has 1 aliphatic heterocycles. The van der Waals surface area contributed by atoms with Crippen LogP contribution in [-0.2, 0) is 17.7 Å². The molecule has 24 heavy (non-hydrogen) atoms. The molecule has 0 spiro atoms. The van der Waals surface area contributed by atoms with E-state index in [0.29, 0.717) is 17.3 Å². The number of aryl methyl sites for hydroxylation is 1. The summed E-state index contributed by atoms with van der Waals surface area (Å²) < 4.78 is 12.3. The fourth-order valence-corrected chi connectivity index (χ4v) is 2.98. The van der Waals surface area contributed by atoms with E-state index in [0.717, 1.165) is 30.8 Å². The normalized spacial score (nSPS) is 16.6. The molecule has 0 saturated carbocycles. The molecule has 1 aromatic carbocycles. The molecule has 2 aromatic heterocycles. The lowest BCUT2D eigenvalue weighted by molar-refractivity contribution is 0.0601. The van der Waals surface area contributed by atoms with E-state index >= 15 is 0 Å². The smallest absolute Gasteiger partial charge is 0.337 e. The van der Waals surface area contributed by atoms with Gasteiger partial charge >= 0.3 is 5.97 Å². The van der Waals surface area contributed by atoms with E-state index in [1.165, 1.54) is 7.11 Å². The van der Waals surface area contributed by atoms with Gasteiger partial charge in [-0.15, -0.1) is 0 Å². The summed E-state index contributed by atoms with van der Waals surface area (Å²) in [5.74, 6) is 1.91. The first kappa shape index (κ1) is 14.6. The van der Waals surface area contributed by atoms with Crippen molar-refractivity contribution < 1.29 is 14.1 Å². The van der Waals surface area contributed by atoms with Crippen LogP contribution in [0, 0.1) is 0 Å². The Morgan fingerprint density at radius 1 is 1.42 bits per heavy atom. The maximum Gasteiger partial charge on any atom is 0.337 e. The molecule has 0 amide bonds. The van der Waals surface area contributed by atoms with E-state index in [-0.39, 0.29) is 11.9 Å². The maximum absolute atomic E-state index is 11.6. The van der Waals surface area contributed by atoms with Gasteiger partial charge in [0.25, 0.3) is 0 Å². The van der Waals surface area contributed by atoms with Gasteiger partial charge < -0.3 is 13.8 Å². The number of esters is 1. The van der Waals surface area contributed by atoms with Gasteiger partial charge in [0.05, 0.1) is 12.7 Å². The predicted octanol–water partition coefficient (Wildman–Crippen LogP) is 2.45. The minimum atomic E-state index is -0.389. The number of benzene rings is 1. The SMILES string of the molecule is COC(=O)c1cccc(-c2noc([C@H]3CCn4ccnc4C3)n2)c1.